The average molecular weight is 368 g/mol. The van der Waals surface area contributed by atoms with Crippen LogP contribution in [0.1, 0.15) is 37.7 Å². The van der Waals surface area contributed by atoms with Gasteiger partial charge in [-0.1, -0.05) is 49.6 Å². The minimum absolute atomic E-state index is 0.0635. The number of carbonyl (C=O) groups is 2. The molecule has 0 unspecified atom stereocenters. The minimum atomic E-state index is -3.75. The third kappa shape index (κ3) is 5.00. The van der Waals surface area contributed by atoms with Crippen LogP contribution in [0.5, 0.6) is 0 Å². The Labute approximate surface area is 152 Å². The van der Waals surface area contributed by atoms with Gasteiger partial charge in [0.2, 0.25) is 0 Å². The van der Waals surface area contributed by atoms with Crippen LogP contribution in [0.25, 0.3) is 0 Å². The summed E-state index contributed by atoms with van der Waals surface area (Å²) in [5, 5.41) is 2.13. The van der Waals surface area contributed by atoms with Gasteiger partial charge in [0.25, 0.3) is 5.91 Å². The van der Waals surface area contributed by atoms with Crippen molar-refractivity contribution in [1.82, 2.24) is 5.32 Å². The van der Waals surface area contributed by atoms with E-state index in [1.807, 2.05) is 0 Å². The van der Waals surface area contributed by atoms with Gasteiger partial charge in [0.1, 0.15) is 6.04 Å². The predicted octanol–water partition coefficient (Wildman–Crippen LogP) is 2.43. The maximum atomic E-state index is 14.6. The van der Waals surface area contributed by atoms with Gasteiger partial charge in [-0.15, -0.1) is 0 Å². The Morgan fingerprint density at radius 1 is 1.23 bits per heavy atom. The van der Waals surface area contributed by atoms with Crippen molar-refractivity contribution in [2.75, 3.05) is 7.11 Å². The molecule has 3 N–H and O–H groups in total. The first-order valence-corrected chi connectivity index (χ1v) is 8.92. The molecule has 2 atom stereocenters. The Morgan fingerprint density at radius 2 is 1.85 bits per heavy atom. The van der Waals surface area contributed by atoms with Crippen LogP contribution in [0.4, 0.5) is 8.78 Å². The van der Waals surface area contributed by atoms with Crippen molar-refractivity contribution in [2.24, 2.45) is 11.7 Å². The molecule has 0 bridgehead atoms. The topological polar surface area (TPSA) is 81.4 Å². The van der Waals surface area contributed by atoms with Gasteiger partial charge >= 0.3 is 11.9 Å². The third-order valence-electron chi connectivity index (χ3n) is 4.95. The fourth-order valence-electron chi connectivity index (χ4n) is 3.38. The second kappa shape index (κ2) is 9.07. The Hall–Kier alpha value is -2.02. The van der Waals surface area contributed by atoms with Gasteiger partial charge in [0.15, 0.2) is 0 Å². The van der Waals surface area contributed by atoms with Crippen LogP contribution < -0.4 is 11.1 Å². The summed E-state index contributed by atoms with van der Waals surface area (Å²) in [7, 11) is 1.15. The molecule has 1 aliphatic carbocycles. The van der Waals surface area contributed by atoms with E-state index >= 15 is 0 Å². The molecule has 0 heterocycles. The molecule has 1 fully saturated rings. The first-order valence-electron chi connectivity index (χ1n) is 8.92. The highest BCUT2D eigenvalue weighted by Gasteiger charge is 2.49. The van der Waals surface area contributed by atoms with Gasteiger partial charge in [-0.3, -0.25) is 4.79 Å². The molecule has 144 valence electrons. The molecule has 1 amide bonds. The first-order chi connectivity index (χ1) is 12.4. The van der Waals surface area contributed by atoms with E-state index in [4.69, 9.17) is 5.73 Å². The lowest BCUT2D eigenvalue weighted by Gasteiger charge is -2.32. The van der Waals surface area contributed by atoms with Crippen LogP contribution in [0, 0.1) is 5.92 Å². The summed E-state index contributed by atoms with van der Waals surface area (Å²) in [6.07, 6.45) is 3.93. The van der Waals surface area contributed by atoms with Crippen molar-refractivity contribution in [3.05, 3.63) is 35.9 Å². The number of nitrogens with one attached hydrogen (secondary N) is 1. The smallest absolute Gasteiger partial charge is 0.339 e. The lowest BCUT2D eigenvalue weighted by Crippen LogP contribution is -2.58. The van der Waals surface area contributed by atoms with E-state index in [1.54, 1.807) is 30.3 Å². The quantitative estimate of drug-likeness (QED) is 0.725. The summed E-state index contributed by atoms with van der Waals surface area (Å²) in [6, 6.07) is 6.06. The highest BCUT2D eigenvalue weighted by molar-refractivity contribution is 5.89. The number of esters is 1. The number of methoxy groups -OCH3 is 1. The Kier molecular flexibility index (Phi) is 7.08. The Bertz CT molecular complexity index is 604. The van der Waals surface area contributed by atoms with E-state index in [2.05, 4.69) is 10.1 Å². The van der Waals surface area contributed by atoms with Crippen molar-refractivity contribution in [1.29, 1.82) is 0 Å². The minimum Gasteiger partial charge on any atom is -0.467 e. The van der Waals surface area contributed by atoms with Crippen molar-refractivity contribution in [2.45, 2.75) is 56.5 Å². The molecule has 1 aromatic rings. The van der Waals surface area contributed by atoms with Crippen LogP contribution in [0.15, 0.2) is 30.3 Å². The fourth-order valence-corrected chi connectivity index (χ4v) is 3.38. The number of nitrogens with two attached hydrogens (primary N) is 1. The number of benzene rings is 1. The monoisotopic (exact) mass is 368 g/mol. The number of hydrogen-bond donors (Lipinski definition) is 2. The maximum Gasteiger partial charge on any atom is 0.339 e. The van der Waals surface area contributed by atoms with Gasteiger partial charge in [-0.25, -0.2) is 4.79 Å². The molecule has 1 aliphatic rings. The molecule has 7 heteroatoms. The van der Waals surface area contributed by atoms with Crippen molar-refractivity contribution in [3.63, 3.8) is 0 Å². The van der Waals surface area contributed by atoms with Crippen molar-refractivity contribution >= 4 is 11.9 Å². The average Bonchev–Trinajstić information content (AvgIpc) is 2.67. The molecule has 0 spiro atoms. The van der Waals surface area contributed by atoms with E-state index in [-0.39, 0.29) is 6.42 Å². The largest absolute Gasteiger partial charge is 0.467 e. The van der Waals surface area contributed by atoms with E-state index in [1.165, 1.54) is 0 Å². The predicted molar refractivity (Wildman–Crippen MR) is 93.6 cm³/mol. The summed E-state index contributed by atoms with van der Waals surface area (Å²) in [5.74, 6) is -6.44. The molecule has 0 radical (unpaired) electrons. The van der Waals surface area contributed by atoms with Gasteiger partial charge < -0.3 is 15.8 Å². The normalized spacial score (nSPS) is 18.0. The van der Waals surface area contributed by atoms with Crippen LogP contribution in [0.3, 0.4) is 0 Å². The number of carbonyl (C=O) groups excluding carboxylic acids is 2. The SMILES string of the molecule is COC(=O)[C@H](Cc1ccccc1)NC(=O)C(F)(F)[C@H](N)C1CCCCC1. The molecule has 0 aromatic heterocycles. The van der Waals surface area contributed by atoms with E-state index in [0.717, 1.165) is 31.9 Å². The standard InChI is InChI=1S/C19H26F2N2O3/c1-26-17(24)15(12-13-8-4-2-5-9-13)23-18(25)19(20,21)16(22)14-10-6-3-7-11-14/h2,4-5,8-9,14-16H,3,6-7,10-12,22H2,1H3,(H,23,25)/t15-,16+/m0/s1. The third-order valence-corrected chi connectivity index (χ3v) is 4.95. The van der Waals surface area contributed by atoms with Gasteiger partial charge in [0.05, 0.1) is 13.2 Å². The van der Waals surface area contributed by atoms with Crippen LogP contribution in [-0.2, 0) is 20.7 Å². The number of hydrogen-bond acceptors (Lipinski definition) is 4. The molecule has 5 nitrogen and oxygen atoms in total. The highest BCUT2D eigenvalue weighted by Crippen LogP contribution is 2.32. The summed E-state index contributed by atoms with van der Waals surface area (Å²) >= 11 is 0. The summed E-state index contributed by atoms with van der Waals surface area (Å²) in [6.45, 7) is 0. The highest BCUT2D eigenvalue weighted by atomic mass is 19.3. The fraction of sp³-hybridized carbons (Fsp3) is 0.579. The van der Waals surface area contributed by atoms with Crippen LogP contribution in [0.2, 0.25) is 0 Å². The number of rotatable bonds is 7. The zero-order valence-corrected chi connectivity index (χ0v) is 14.9. The zero-order chi connectivity index (χ0) is 19.2. The van der Waals surface area contributed by atoms with Crippen LogP contribution in [-0.4, -0.2) is 37.0 Å². The molecule has 1 aromatic carbocycles. The molecule has 2 rings (SSSR count). The number of ether oxygens (including phenoxy) is 1. The summed E-state index contributed by atoms with van der Waals surface area (Å²) < 4.78 is 33.8. The second-order valence-corrected chi connectivity index (χ2v) is 6.79. The molecular weight excluding hydrogens is 342 g/mol. The van der Waals surface area contributed by atoms with Gasteiger partial charge in [-0.2, -0.15) is 8.78 Å². The van der Waals surface area contributed by atoms with Crippen molar-refractivity contribution < 1.29 is 23.1 Å². The lowest BCUT2D eigenvalue weighted by atomic mass is 9.81. The summed E-state index contributed by atoms with van der Waals surface area (Å²) in [4.78, 5) is 24.2. The van der Waals surface area contributed by atoms with Gasteiger partial charge in [0, 0.05) is 6.42 Å². The number of halogens is 2. The molecule has 0 aliphatic heterocycles. The Balaban J connectivity index is 2.07. The Morgan fingerprint density at radius 3 is 2.42 bits per heavy atom. The molecule has 0 saturated heterocycles. The molecule has 26 heavy (non-hydrogen) atoms. The van der Waals surface area contributed by atoms with E-state index in [9.17, 15) is 18.4 Å². The maximum absolute atomic E-state index is 14.6. The van der Waals surface area contributed by atoms with E-state index < -0.39 is 35.8 Å². The zero-order valence-electron chi connectivity index (χ0n) is 14.9. The molecule has 1 saturated carbocycles. The molecular formula is C19H26F2N2O3. The second-order valence-electron chi connectivity index (χ2n) is 6.79. The van der Waals surface area contributed by atoms with E-state index in [0.29, 0.717) is 12.8 Å². The number of alkyl halides is 2. The van der Waals surface area contributed by atoms with Crippen LogP contribution >= 0.6 is 0 Å². The van der Waals surface area contributed by atoms with Gasteiger partial charge in [-0.05, 0) is 24.3 Å². The lowest BCUT2D eigenvalue weighted by molar-refractivity contribution is -0.156. The first kappa shape index (κ1) is 20.3. The summed E-state index contributed by atoms with van der Waals surface area (Å²) in [5.41, 5.74) is 6.46. The van der Waals surface area contributed by atoms with Crippen molar-refractivity contribution in [3.8, 4) is 0 Å². The number of amides is 1.